The number of aliphatic hydroxyl groups excluding tert-OH is 1. The van der Waals surface area contributed by atoms with Gasteiger partial charge in [-0.1, -0.05) is 0 Å². The minimum absolute atomic E-state index is 0.0379. The van der Waals surface area contributed by atoms with Crippen LogP contribution in [0.2, 0.25) is 0 Å². The normalized spacial score (nSPS) is 38.8. The van der Waals surface area contributed by atoms with Crippen LogP contribution in [0.4, 0.5) is 0 Å². The van der Waals surface area contributed by atoms with E-state index in [1.807, 2.05) is 16.8 Å². The van der Waals surface area contributed by atoms with Gasteiger partial charge in [0.25, 0.3) is 0 Å². The summed E-state index contributed by atoms with van der Waals surface area (Å²) in [5.74, 6) is 0.381. The zero-order chi connectivity index (χ0) is 20.7. The van der Waals surface area contributed by atoms with Gasteiger partial charge in [0.15, 0.2) is 0 Å². The molecule has 0 aromatic carbocycles. The van der Waals surface area contributed by atoms with Gasteiger partial charge in [-0.15, -0.1) is 0 Å². The number of amides is 1. The SMILES string of the molecule is NC[C@H]1[C@H]2CN3C(=O)c4cccn4[C@H]4N=C(N)NC43[C@H]2[C-]([C@@H](O)N[C](N)=[W])[C@H]1Cl. The monoisotopic (exact) mass is 589 g/mol. The Morgan fingerprint density at radius 3 is 3.07 bits per heavy atom. The number of rotatable bonds is 4. The summed E-state index contributed by atoms with van der Waals surface area (Å²) in [5.41, 5.74) is 17.6. The molecule has 1 unspecified atom stereocenters. The standard InChI is InChI=1S/C17H22ClN8O2.W/c18-12-7(4-19)8-5-26-14(28)9-2-1-3-25(9)15-17(26,24-16(21)23-15)11(8)10(12)13(27)22-6-20;/h1-3,7-8,11-13,15,22,27H,4-5,19-20H2,(H3,21,23,24);/q-1;/t7-,8+,11+,12-,13+,15+,17?;/m0./s1. The van der Waals surface area contributed by atoms with Crippen LogP contribution in [0.3, 0.4) is 0 Å². The topological polar surface area (TPSA) is 160 Å². The van der Waals surface area contributed by atoms with E-state index in [0.29, 0.717) is 28.8 Å². The fourth-order valence-corrected chi connectivity index (χ4v) is 6.69. The number of hydrogen-bond donors (Lipinski definition) is 6. The van der Waals surface area contributed by atoms with Crippen LogP contribution < -0.4 is 27.8 Å². The van der Waals surface area contributed by atoms with Gasteiger partial charge in [0.1, 0.15) is 0 Å². The second kappa shape index (κ2) is 6.60. The maximum atomic E-state index is 13.4. The molecule has 9 N–H and O–H groups in total. The molecule has 5 rings (SSSR count). The molecule has 1 aromatic heterocycles. The molecule has 0 bridgehead atoms. The summed E-state index contributed by atoms with van der Waals surface area (Å²) in [6.45, 7) is 0.798. The van der Waals surface area contributed by atoms with Gasteiger partial charge >= 0.3 is 183 Å². The van der Waals surface area contributed by atoms with Gasteiger partial charge in [0.05, 0.1) is 0 Å². The molecule has 2 fully saturated rings. The summed E-state index contributed by atoms with van der Waals surface area (Å²) in [4.78, 5) is 19.8. The van der Waals surface area contributed by atoms with Crippen molar-refractivity contribution >= 4 is 27.6 Å². The van der Waals surface area contributed by atoms with Gasteiger partial charge in [-0.05, 0) is 0 Å². The first kappa shape index (κ1) is 19.7. The first-order valence-electron chi connectivity index (χ1n) is 9.36. The average Bonchev–Trinajstić information content (AvgIpc) is 3.37. The van der Waals surface area contributed by atoms with Crippen molar-refractivity contribution in [1.29, 1.82) is 0 Å². The van der Waals surface area contributed by atoms with E-state index in [4.69, 9.17) is 28.8 Å². The van der Waals surface area contributed by atoms with Crippen LogP contribution in [0.5, 0.6) is 0 Å². The van der Waals surface area contributed by atoms with Crippen molar-refractivity contribution in [3.05, 3.63) is 29.9 Å². The first-order chi connectivity index (χ1) is 13.8. The van der Waals surface area contributed by atoms with E-state index in [2.05, 4.69) is 15.6 Å². The molecule has 10 nitrogen and oxygen atoms in total. The number of aliphatic imine (C=N–C) groups is 1. The second-order valence-electron chi connectivity index (χ2n) is 7.91. The molecule has 1 saturated heterocycles. The van der Waals surface area contributed by atoms with Gasteiger partial charge in [0, 0.05) is 0 Å². The average molecular weight is 590 g/mol. The number of alkyl halides is 1. The fourth-order valence-electron chi connectivity index (χ4n) is 5.74. The number of carbonyl (C=O) groups is 1. The zero-order valence-electron chi connectivity index (χ0n) is 15.3. The quantitative estimate of drug-likeness (QED) is 0.129. The zero-order valence-corrected chi connectivity index (χ0v) is 19.0. The predicted octanol–water partition coefficient (Wildman–Crippen LogP) is -2.43. The molecule has 4 aliphatic rings. The van der Waals surface area contributed by atoms with E-state index >= 15 is 0 Å². The summed E-state index contributed by atoms with van der Waals surface area (Å²) in [6.07, 6.45) is 0.312. The number of aliphatic hydroxyl groups is 1. The molecule has 0 radical (unpaired) electrons. The number of guanidine groups is 1. The predicted molar refractivity (Wildman–Crippen MR) is 103 cm³/mol. The van der Waals surface area contributed by atoms with Crippen LogP contribution in [0.15, 0.2) is 23.3 Å². The number of hydrogen-bond acceptors (Lipinski definition) is 8. The van der Waals surface area contributed by atoms with Gasteiger partial charge in [-0.3, -0.25) is 0 Å². The van der Waals surface area contributed by atoms with E-state index in [0.717, 1.165) is 19.4 Å². The van der Waals surface area contributed by atoms with Crippen molar-refractivity contribution in [2.45, 2.75) is 23.4 Å². The summed E-state index contributed by atoms with van der Waals surface area (Å²) in [7, 11) is 0. The Bertz CT molecular complexity index is 923. The molecule has 1 spiro atoms. The number of carbonyl (C=O) groups excluding carboxylic acids is 1. The summed E-state index contributed by atoms with van der Waals surface area (Å²) in [6, 6.07) is 3.61. The van der Waals surface area contributed by atoms with E-state index in [9.17, 15) is 9.90 Å². The Morgan fingerprint density at radius 1 is 1.62 bits per heavy atom. The molecule has 12 heteroatoms. The van der Waals surface area contributed by atoms with E-state index in [-0.39, 0.29) is 29.6 Å². The molecular formula is C17H22ClN8O2W-. The first-order valence-corrected chi connectivity index (χ1v) is 11.3. The van der Waals surface area contributed by atoms with Crippen molar-refractivity contribution in [3.8, 4) is 0 Å². The fraction of sp³-hybridized carbons (Fsp3) is 0.529. The molecule has 1 aromatic rings. The second-order valence-corrected chi connectivity index (χ2v) is 9.96. The van der Waals surface area contributed by atoms with E-state index < -0.39 is 23.4 Å². The summed E-state index contributed by atoms with van der Waals surface area (Å²) >= 11 is 7.84. The van der Waals surface area contributed by atoms with Crippen LogP contribution >= 0.6 is 11.6 Å². The van der Waals surface area contributed by atoms with Crippen LogP contribution in [0.1, 0.15) is 16.7 Å². The van der Waals surface area contributed by atoms with Crippen LogP contribution in [0.25, 0.3) is 0 Å². The van der Waals surface area contributed by atoms with E-state index in [1.165, 1.54) is 0 Å². The molecule has 29 heavy (non-hydrogen) atoms. The molecule has 3 aliphatic heterocycles. The van der Waals surface area contributed by atoms with Gasteiger partial charge in [0.2, 0.25) is 0 Å². The van der Waals surface area contributed by atoms with Gasteiger partial charge in [-0.2, -0.15) is 0 Å². The molecular weight excluding hydrogens is 568 g/mol. The summed E-state index contributed by atoms with van der Waals surface area (Å²) in [5, 5.41) is 16.7. The van der Waals surface area contributed by atoms with Crippen LogP contribution in [-0.2, 0) is 19.4 Å². The van der Waals surface area contributed by atoms with Crippen molar-refractivity contribution in [2.75, 3.05) is 13.1 Å². The number of halogens is 1. The Labute approximate surface area is 183 Å². The summed E-state index contributed by atoms with van der Waals surface area (Å²) < 4.78 is 2.29. The minimum atomic E-state index is -1.06. The van der Waals surface area contributed by atoms with Gasteiger partial charge < -0.3 is 0 Å². The maximum absolute atomic E-state index is 13.4. The van der Waals surface area contributed by atoms with Crippen molar-refractivity contribution in [1.82, 2.24) is 20.1 Å². The number of nitrogens with two attached hydrogens (primary N) is 3. The van der Waals surface area contributed by atoms with Crippen LogP contribution in [0, 0.1) is 23.7 Å². The molecule has 156 valence electrons. The molecule has 1 saturated carbocycles. The molecule has 4 heterocycles. The molecule has 7 atom stereocenters. The Balaban J connectivity index is 1.66. The van der Waals surface area contributed by atoms with Crippen LogP contribution in [-0.4, -0.2) is 60.9 Å². The Hall–Kier alpha value is -1.29. The number of fused-ring (bicyclic) bond motifs is 3. The number of aromatic nitrogens is 1. The van der Waals surface area contributed by atoms with Crippen molar-refractivity contribution in [3.63, 3.8) is 0 Å². The van der Waals surface area contributed by atoms with E-state index in [1.54, 1.807) is 11.0 Å². The third-order valence-corrected chi connectivity index (χ3v) is 7.70. The third kappa shape index (κ3) is 2.44. The Kier molecular flexibility index (Phi) is 4.48. The third-order valence-electron chi connectivity index (χ3n) is 6.70. The Morgan fingerprint density at radius 2 is 2.38 bits per heavy atom. The number of nitrogens with zero attached hydrogens (tertiary/aromatic N) is 3. The van der Waals surface area contributed by atoms with Crippen molar-refractivity contribution < 1.29 is 29.3 Å². The number of nitrogens with one attached hydrogen (secondary N) is 2. The molecule has 1 amide bonds. The van der Waals surface area contributed by atoms with Gasteiger partial charge in [-0.25, -0.2) is 0 Å². The molecule has 1 aliphatic carbocycles. The van der Waals surface area contributed by atoms with Crippen molar-refractivity contribution in [2.24, 2.45) is 39.9 Å².